The molecule has 0 bridgehead atoms. The summed E-state index contributed by atoms with van der Waals surface area (Å²) >= 11 is 3.39. The van der Waals surface area contributed by atoms with Crippen molar-refractivity contribution in [3.8, 4) is 0 Å². The molecule has 84 valence electrons. The van der Waals surface area contributed by atoms with Crippen molar-refractivity contribution in [1.82, 2.24) is 10.3 Å². The van der Waals surface area contributed by atoms with Gasteiger partial charge in [-0.15, -0.1) is 11.3 Å². The summed E-state index contributed by atoms with van der Waals surface area (Å²) in [4.78, 5) is 5.50. The first-order valence-electron chi connectivity index (χ1n) is 5.25. The average Bonchev–Trinajstić information content (AvgIpc) is 2.81. The molecule has 16 heavy (non-hydrogen) atoms. The first-order chi connectivity index (χ1) is 7.88. The Bertz CT molecular complexity index is 409. The van der Waals surface area contributed by atoms with Crippen LogP contribution in [0.1, 0.15) is 12.5 Å². The Morgan fingerprint density at radius 3 is 2.75 bits per heavy atom. The maximum absolute atomic E-state index is 4.25. The van der Waals surface area contributed by atoms with Crippen LogP contribution >= 0.6 is 23.1 Å². The fourth-order valence-electron chi connectivity index (χ4n) is 1.31. The third-order valence-electron chi connectivity index (χ3n) is 2.12. The molecule has 0 aliphatic rings. The van der Waals surface area contributed by atoms with Crippen LogP contribution in [-0.2, 0) is 6.54 Å². The monoisotopic (exact) mass is 250 g/mol. The highest BCUT2D eigenvalue weighted by atomic mass is 32.2. The lowest BCUT2D eigenvalue weighted by Crippen LogP contribution is -2.11. The quantitative estimate of drug-likeness (QED) is 0.880. The molecule has 0 amide bonds. The van der Waals surface area contributed by atoms with Gasteiger partial charge in [-0.05, 0) is 24.2 Å². The van der Waals surface area contributed by atoms with Crippen LogP contribution in [0.4, 0.5) is 0 Å². The SMILES string of the molecule is CCNCc1ccc(Sc2nccs2)cc1. The van der Waals surface area contributed by atoms with E-state index < -0.39 is 0 Å². The fraction of sp³-hybridized carbons (Fsp3) is 0.250. The van der Waals surface area contributed by atoms with Crippen LogP contribution in [0.2, 0.25) is 0 Å². The lowest BCUT2D eigenvalue weighted by Gasteiger charge is -2.03. The van der Waals surface area contributed by atoms with Gasteiger partial charge in [0, 0.05) is 23.0 Å². The second-order valence-corrected chi connectivity index (χ2v) is 5.54. The smallest absolute Gasteiger partial charge is 0.154 e. The molecule has 0 saturated carbocycles. The molecule has 1 aromatic carbocycles. The highest BCUT2D eigenvalue weighted by Crippen LogP contribution is 2.28. The molecule has 0 fully saturated rings. The molecule has 2 aromatic rings. The van der Waals surface area contributed by atoms with E-state index in [-0.39, 0.29) is 0 Å². The van der Waals surface area contributed by atoms with Crippen LogP contribution < -0.4 is 5.32 Å². The highest BCUT2D eigenvalue weighted by molar-refractivity contribution is 8.01. The average molecular weight is 250 g/mol. The molecule has 1 heterocycles. The van der Waals surface area contributed by atoms with E-state index in [1.54, 1.807) is 23.1 Å². The minimum absolute atomic E-state index is 0.943. The third kappa shape index (κ3) is 3.33. The maximum Gasteiger partial charge on any atom is 0.154 e. The molecule has 1 aromatic heterocycles. The summed E-state index contributed by atoms with van der Waals surface area (Å²) in [7, 11) is 0. The second-order valence-electron chi connectivity index (χ2n) is 3.32. The summed E-state index contributed by atoms with van der Waals surface area (Å²) < 4.78 is 1.10. The molecule has 0 spiro atoms. The van der Waals surface area contributed by atoms with E-state index in [2.05, 4.69) is 41.5 Å². The van der Waals surface area contributed by atoms with Crippen molar-refractivity contribution >= 4 is 23.1 Å². The van der Waals surface area contributed by atoms with Gasteiger partial charge in [-0.2, -0.15) is 0 Å². The number of benzene rings is 1. The topological polar surface area (TPSA) is 24.9 Å². The molecule has 0 saturated heterocycles. The molecule has 2 nitrogen and oxygen atoms in total. The van der Waals surface area contributed by atoms with E-state index in [1.165, 1.54) is 10.5 Å². The zero-order valence-corrected chi connectivity index (χ0v) is 10.8. The maximum atomic E-state index is 4.25. The predicted molar refractivity (Wildman–Crippen MR) is 70.1 cm³/mol. The van der Waals surface area contributed by atoms with E-state index in [0.29, 0.717) is 0 Å². The van der Waals surface area contributed by atoms with Crippen LogP contribution in [0.15, 0.2) is 45.1 Å². The van der Waals surface area contributed by atoms with Crippen molar-refractivity contribution in [3.63, 3.8) is 0 Å². The van der Waals surface area contributed by atoms with Gasteiger partial charge in [0.05, 0.1) is 0 Å². The Morgan fingerprint density at radius 1 is 1.31 bits per heavy atom. The molecule has 0 aliphatic carbocycles. The predicted octanol–water partition coefficient (Wildman–Crippen LogP) is 3.40. The Balaban J connectivity index is 1.96. The molecule has 0 atom stereocenters. The number of thiazole rings is 1. The van der Waals surface area contributed by atoms with E-state index in [4.69, 9.17) is 0 Å². The summed E-state index contributed by atoms with van der Waals surface area (Å²) in [6.07, 6.45) is 1.84. The molecule has 0 aliphatic heterocycles. The van der Waals surface area contributed by atoms with Crippen molar-refractivity contribution < 1.29 is 0 Å². The van der Waals surface area contributed by atoms with Crippen molar-refractivity contribution in [3.05, 3.63) is 41.4 Å². The lowest BCUT2D eigenvalue weighted by atomic mass is 10.2. The summed E-state index contributed by atoms with van der Waals surface area (Å²) in [5.41, 5.74) is 1.32. The van der Waals surface area contributed by atoms with E-state index in [0.717, 1.165) is 17.4 Å². The van der Waals surface area contributed by atoms with Gasteiger partial charge in [0.1, 0.15) is 0 Å². The van der Waals surface area contributed by atoms with Gasteiger partial charge in [0.25, 0.3) is 0 Å². The largest absolute Gasteiger partial charge is 0.313 e. The molecule has 1 N–H and O–H groups in total. The van der Waals surface area contributed by atoms with Crippen molar-refractivity contribution in [2.45, 2.75) is 22.7 Å². The second kappa shape index (κ2) is 6.03. The Kier molecular flexibility index (Phi) is 4.39. The fourth-order valence-corrected chi connectivity index (χ4v) is 2.90. The number of nitrogens with zero attached hydrogens (tertiary/aromatic N) is 1. The summed E-state index contributed by atoms with van der Waals surface area (Å²) in [5.74, 6) is 0. The number of hydrogen-bond acceptors (Lipinski definition) is 4. The molecular formula is C12H14N2S2. The van der Waals surface area contributed by atoms with Crippen LogP contribution in [0.5, 0.6) is 0 Å². The Hall–Kier alpha value is -0.840. The molecule has 4 heteroatoms. The van der Waals surface area contributed by atoms with Crippen LogP contribution in [0.3, 0.4) is 0 Å². The van der Waals surface area contributed by atoms with E-state index in [1.807, 2.05) is 11.6 Å². The summed E-state index contributed by atoms with van der Waals surface area (Å²) in [6, 6.07) is 8.63. The van der Waals surface area contributed by atoms with E-state index in [9.17, 15) is 0 Å². The number of hydrogen-bond donors (Lipinski definition) is 1. The van der Waals surface area contributed by atoms with Crippen LogP contribution in [0.25, 0.3) is 0 Å². The van der Waals surface area contributed by atoms with Crippen molar-refractivity contribution in [1.29, 1.82) is 0 Å². The molecule has 0 unspecified atom stereocenters. The lowest BCUT2D eigenvalue weighted by molar-refractivity contribution is 0.726. The van der Waals surface area contributed by atoms with Gasteiger partial charge in [0.15, 0.2) is 4.34 Å². The number of rotatable bonds is 5. The van der Waals surface area contributed by atoms with Crippen LogP contribution in [-0.4, -0.2) is 11.5 Å². The summed E-state index contributed by atoms with van der Waals surface area (Å²) in [6.45, 7) is 4.07. The van der Waals surface area contributed by atoms with Gasteiger partial charge < -0.3 is 5.32 Å². The van der Waals surface area contributed by atoms with Crippen molar-refractivity contribution in [2.24, 2.45) is 0 Å². The minimum Gasteiger partial charge on any atom is -0.313 e. The number of aromatic nitrogens is 1. The van der Waals surface area contributed by atoms with Gasteiger partial charge in [-0.1, -0.05) is 30.8 Å². The zero-order chi connectivity index (χ0) is 11.2. The zero-order valence-electron chi connectivity index (χ0n) is 9.14. The third-order valence-corrected chi connectivity index (χ3v) is 4.01. The first-order valence-corrected chi connectivity index (χ1v) is 6.95. The molecule has 0 radical (unpaired) electrons. The van der Waals surface area contributed by atoms with Gasteiger partial charge in [-0.3, -0.25) is 0 Å². The van der Waals surface area contributed by atoms with Gasteiger partial charge in [0.2, 0.25) is 0 Å². The minimum atomic E-state index is 0.943. The van der Waals surface area contributed by atoms with Crippen LogP contribution in [0, 0.1) is 0 Å². The normalized spacial score (nSPS) is 10.6. The standard InChI is InChI=1S/C12H14N2S2/c1-2-13-9-10-3-5-11(6-4-10)16-12-14-7-8-15-12/h3-8,13H,2,9H2,1H3. The Labute approximate surface area is 104 Å². The van der Waals surface area contributed by atoms with E-state index >= 15 is 0 Å². The van der Waals surface area contributed by atoms with Gasteiger partial charge >= 0.3 is 0 Å². The highest BCUT2D eigenvalue weighted by Gasteiger charge is 1.99. The van der Waals surface area contributed by atoms with Gasteiger partial charge in [-0.25, -0.2) is 4.98 Å². The first kappa shape index (κ1) is 11.6. The van der Waals surface area contributed by atoms with Crippen molar-refractivity contribution in [2.75, 3.05) is 6.54 Å². The molecule has 2 rings (SSSR count). The Morgan fingerprint density at radius 2 is 2.12 bits per heavy atom. The number of nitrogens with one attached hydrogen (secondary N) is 1. The molecular weight excluding hydrogens is 236 g/mol. The summed E-state index contributed by atoms with van der Waals surface area (Å²) in [5, 5.41) is 5.31.